The normalized spacial score (nSPS) is 10.4. The van der Waals surface area contributed by atoms with E-state index in [1.165, 1.54) is 23.1 Å². The van der Waals surface area contributed by atoms with Crippen LogP contribution in [0.2, 0.25) is 0 Å². The number of halogens is 1. The van der Waals surface area contributed by atoms with Crippen LogP contribution < -0.4 is 5.32 Å². The molecule has 4 nitrogen and oxygen atoms in total. The van der Waals surface area contributed by atoms with Gasteiger partial charge < -0.3 is 5.32 Å². The Hall–Kier alpha value is -1.11. The first kappa shape index (κ1) is 14.3. The van der Waals surface area contributed by atoms with E-state index >= 15 is 0 Å². The molecule has 1 aromatic carbocycles. The second-order valence-electron chi connectivity index (χ2n) is 3.62. The minimum absolute atomic E-state index is 0.0868. The molecule has 7 heteroatoms. The van der Waals surface area contributed by atoms with Crippen molar-refractivity contribution >= 4 is 45.7 Å². The number of hydrogen-bond donors (Lipinski definition) is 1. The number of aromatic nitrogens is 2. The standard InChI is InChI=1S/C12H12ClN3OS2/c13-6-7-18-12-16-15-11(19-12)14-10(17)8-9-4-2-1-3-5-9/h1-5H,6-8H2,(H,14,15,17). The second kappa shape index (κ2) is 7.47. The number of carbonyl (C=O) groups is 1. The van der Waals surface area contributed by atoms with Crippen molar-refractivity contribution in [3.05, 3.63) is 35.9 Å². The van der Waals surface area contributed by atoms with Crippen LogP contribution >= 0.6 is 34.7 Å². The maximum absolute atomic E-state index is 11.8. The van der Waals surface area contributed by atoms with E-state index in [9.17, 15) is 4.79 Å². The fraction of sp³-hybridized carbons (Fsp3) is 0.250. The number of anilines is 1. The van der Waals surface area contributed by atoms with Crippen molar-refractivity contribution < 1.29 is 4.79 Å². The molecule has 100 valence electrons. The van der Waals surface area contributed by atoms with Crippen LogP contribution in [0.25, 0.3) is 0 Å². The van der Waals surface area contributed by atoms with E-state index in [0.717, 1.165) is 15.7 Å². The van der Waals surface area contributed by atoms with E-state index < -0.39 is 0 Å². The summed E-state index contributed by atoms with van der Waals surface area (Å²) in [6, 6.07) is 9.58. The number of hydrogen-bond acceptors (Lipinski definition) is 5. The summed E-state index contributed by atoms with van der Waals surface area (Å²) in [7, 11) is 0. The summed E-state index contributed by atoms with van der Waals surface area (Å²) >= 11 is 8.49. The summed E-state index contributed by atoms with van der Waals surface area (Å²) in [5, 5.41) is 11.2. The third kappa shape index (κ3) is 4.81. The number of thioether (sulfide) groups is 1. The first-order valence-electron chi connectivity index (χ1n) is 5.64. The Bertz CT molecular complexity index is 533. The lowest BCUT2D eigenvalue weighted by Crippen LogP contribution is -2.14. The highest BCUT2D eigenvalue weighted by atomic mass is 35.5. The van der Waals surface area contributed by atoms with E-state index in [1.54, 1.807) is 0 Å². The maximum atomic E-state index is 11.8. The molecule has 19 heavy (non-hydrogen) atoms. The number of carbonyl (C=O) groups excluding carboxylic acids is 1. The van der Waals surface area contributed by atoms with Gasteiger partial charge >= 0.3 is 0 Å². The minimum Gasteiger partial charge on any atom is -0.300 e. The molecule has 0 saturated heterocycles. The summed E-state index contributed by atoms with van der Waals surface area (Å²) in [4.78, 5) is 11.8. The van der Waals surface area contributed by atoms with Gasteiger partial charge in [0.05, 0.1) is 6.42 Å². The molecule has 0 bridgehead atoms. The van der Waals surface area contributed by atoms with Crippen molar-refractivity contribution in [1.29, 1.82) is 0 Å². The van der Waals surface area contributed by atoms with Crippen LogP contribution in [0.15, 0.2) is 34.7 Å². The number of amides is 1. The van der Waals surface area contributed by atoms with Crippen LogP contribution in [0.4, 0.5) is 5.13 Å². The average Bonchev–Trinajstić information content (AvgIpc) is 2.85. The van der Waals surface area contributed by atoms with Crippen LogP contribution in [0.1, 0.15) is 5.56 Å². The molecule has 1 N–H and O–H groups in total. The number of benzene rings is 1. The van der Waals surface area contributed by atoms with Crippen LogP contribution in [-0.2, 0) is 11.2 Å². The van der Waals surface area contributed by atoms with E-state index in [0.29, 0.717) is 17.4 Å². The topological polar surface area (TPSA) is 54.9 Å². The van der Waals surface area contributed by atoms with Crippen LogP contribution in [0, 0.1) is 0 Å². The fourth-order valence-corrected chi connectivity index (χ4v) is 3.19. The van der Waals surface area contributed by atoms with Gasteiger partial charge in [-0.15, -0.1) is 21.8 Å². The van der Waals surface area contributed by atoms with Gasteiger partial charge in [-0.25, -0.2) is 0 Å². The highest BCUT2D eigenvalue weighted by Crippen LogP contribution is 2.25. The Kier molecular flexibility index (Phi) is 5.62. The Balaban J connectivity index is 1.86. The van der Waals surface area contributed by atoms with Gasteiger partial charge in [-0.2, -0.15) is 0 Å². The highest BCUT2D eigenvalue weighted by Gasteiger charge is 2.08. The molecule has 0 aliphatic heterocycles. The van der Waals surface area contributed by atoms with Gasteiger partial charge in [-0.3, -0.25) is 4.79 Å². The van der Waals surface area contributed by atoms with Crippen molar-refractivity contribution in [2.75, 3.05) is 16.9 Å². The predicted molar refractivity (Wildman–Crippen MR) is 80.1 cm³/mol. The maximum Gasteiger partial charge on any atom is 0.230 e. The summed E-state index contributed by atoms with van der Waals surface area (Å²) in [5.74, 6) is 1.27. The molecule has 0 spiro atoms. The molecule has 0 aliphatic carbocycles. The smallest absolute Gasteiger partial charge is 0.230 e. The second-order valence-corrected chi connectivity index (χ2v) is 6.32. The lowest BCUT2D eigenvalue weighted by Gasteiger charge is -2.00. The molecule has 0 unspecified atom stereocenters. The number of nitrogens with zero attached hydrogens (tertiary/aromatic N) is 2. The summed E-state index contributed by atoms with van der Waals surface area (Å²) in [5.41, 5.74) is 0.973. The SMILES string of the molecule is O=C(Cc1ccccc1)Nc1nnc(SCCCl)s1. The predicted octanol–water partition coefficient (Wildman–Crippen LogP) is 3.05. The van der Waals surface area contributed by atoms with Crippen molar-refractivity contribution in [2.24, 2.45) is 0 Å². The molecular weight excluding hydrogens is 302 g/mol. The highest BCUT2D eigenvalue weighted by molar-refractivity contribution is 8.01. The lowest BCUT2D eigenvalue weighted by molar-refractivity contribution is -0.115. The van der Waals surface area contributed by atoms with Gasteiger partial charge in [0, 0.05) is 11.6 Å². The van der Waals surface area contributed by atoms with Crippen molar-refractivity contribution in [1.82, 2.24) is 10.2 Å². The number of rotatable bonds is 6. The van der Waals surface area contributed by atoms with Gasteiger partial charge in [0.2, 0.25) is 11.0 Å². The van der Waals surface area contributed by atoms with E-state index in [1.807, 2.05) is 30.3 Å². The van der Waals surface area contributed by atoms with Crippen LogP contribution in [0.3, 0.4) is 0 Å². The van der Waals surface area contributed by atoms with E-state index in [4.69, 9.17) is 11.6 Å². The summed E-state index contributed by atoms with van der Waals surface area (Å²) in [6.45, 7) is 0. The molecule has 0 atom stereocenters. The van der Waals surface area contributed by atoms with Gasteiger partial charge in [-0.05, 0) is 5.56 Å². The van der Waals surface area contributed by atoms with Crippen LogP contribution in [0.5, 0.6) is 0 Å². The third-order valence-corrected chi connectivity index (χ3v) is 4.55. The Morgan fingerprint density at radius 1 is 1.32 bits per heavy atom. The molecule has 0 aliphatic rings. The molecule has 1 amide bonds. The Labute approximate surface area is 124 Å². The zero-order chi connectivity index (χ0) is 13.5. The van der Waals surface area contributed by atoms with Gasteiger partial charge in [0.15, 0.2) is 4.34 Å². The fourth-order valence-electron chi connectivity index (χ4n) is 1.39. The Morgan fingerprint density at radius 3 is 2.84 bits per heavy atom. The third-order valence-electron chi connectivity index (χ3n) is 2.16. The monoisotopic (exact) mass is 313 g/mol. The Morgan fingerprint density at radius 2 is 2.11 bits per heavy atom. The van der Waals surface area contributed by atoms with Gasteiger partial charge in [0.25, 0.3) is 0 Å². The molecule has 1 aromatic heterocycles. The largest absolute Gasteiger partial charge is 0.300 e. The first-order chi connectivity index (χ1) is 9.28. The van der Waals surface area contributed by atoms with Gasteiger partial charge in [-0.1, -0.05) is 53.4 Å². The molecule has 0 fully saturated rings. The summed E-state index contributed by atoms with van der Waals surface area (Å²) < 4.78 is 0.815. The van der Waals surface area contributed by atoms with Crippen molar-refractivity contribution in [2.45, 2.75) is 10.8 Å². The molecule has 1 heterocycles. The molecular formula is C12H12ClN3OS2. The van der Waals surface area contributed by atoms with Gasteiger partial charge in [0.1, 0.15) is 0 Å². The molecule has 0 saturated carbocycles. The lowest BCUT2D eigenvalue weighted by atomic mass is 10.1. The number of nitrogens with one attached hydrogen (secondary N) is 1. The first-order valence-corrected chi connectivity index (χ1v) is 7.97. The quantitative estimate of drug-likeness (QED) is 0.506. The average molecular weight is 314 g/mol. The zero-order valence-corrected chi connectivity index (χ0v) is 12.4. The molecule has 0 radical (unpaired) electrons. The molecule has 2 rings (SSSR count). The van der Waals surface area contributed by atoms with E-state index in [-0.39, 0.29) is 5.91 Å². The van der Waals surface area contributed by atoms with E-state index in [2.05, 4.69) is 15.5 Å². The van der Waals surface area contributed by atoms with Crippen molar-refractivity contribution in [3.8, 4) is 0 Å². The molecule has 2 aromatic rings. The van der Waals surface area contributed by atoms with Crippen LogP contribution in [-0.4, -0.2) is 27.7 Å². The minimum atomic E-state index is -0.0868. The van der Waals surface area contributed by atoms with Crippen molar-refractivity contribution in [3.63, 3.8) is 0 Å². The number of alkyl halides is 1. The zero-order valence-electron chi connectivity index (χ0n) is 10.0. The summed E-state index contributed by atoms with van der Waals surface area (Å²) in [6.07, 6.45) is 0.338.